The molecule has 0 amide bonds. The molecule has 0 saturated carbocycles. The molecule has 0 aliphatic carbocycles. The number of non-ortho nitro benzene ring substituents is 1. The molecule has 0 aliphatic heterocycles. The largest absolute Gasteiger partial charge is 0.479 e. The normalized spacial score (nSPS) is 12.9. The van der Waals surface area contributed by atoms with E-state index in [2.05, 4.69) is 0 Å². The van der Waals surface area contributed by atoms with Gasteiger partial charge >= 0.3 is 5.97 Å². The molecule has 9 nitrogen and oxygen atoms in total. The van der Waals surface area contributed by atoms with E-state index in [1.807, 2.05) is 4.72 Å². The predicted octanol–water partition coefficient (Wildman–Crippen LogP) is -0.681. The summed E-state index contributed by atoms with van der Waals surface area (Å²) >= 11 is 0. The van der Waals surface area contributed by atoms with Crippen LogP contribution in [0.5, 0.6) is 0 Å². The van der Waals surface area contributed by atoms with Gasteiger partial charge in [-0.3, -0.25) is 10.1 Å². The van der Waals surface area contributed by atoms with Crippen molar-refractivity contribution in [2.24, 2.45) is 0 Å². The molecule has 0 saturated heterocycles. The van der Waals surface area contributed by atoms with E-state index < -0.39 is 39.3 Å². The average Bonchev–Trinajstić information content (AvgIpc) is 2.36. The number of hydrogen-bond acceptors (Lipinski definition) is 6. The summed E-state index contributed by atoms with van der Waals surface area (Å²) in [6.45, 7) is -0.736. The van der Waals surface area contributed by atoms with E-state index in [-0.39, 0.29) is 4.90 Å². The van der Waals surface area contributed by atoms with Crippen molar-refractivity contribution in [3.05, 3.63) is 34.4 Å². The summed E-state index contributed by atoms with van der Waals surface area (Å²) in [7, 11) is -4.12. The second kappa shape index (κ2) is 5.73. The summed E-state index contributed by atoms with van der Waals surface area (Å²) in [5, 5.41) is 27.8. The van der Waals surface area contributed by atoms with Gasteiger partial charge in [-0.1, -0.05) is 6.07 Å². The number of hydrogen-bond donors (Lipinski definition) is 3. The Morgan fingerprint density at radius 1 is 1.47 bits per heavy atom. The topological polar surface area (TPSA) is 147 Å². The van der Waals surface area contributed by atoms with Gasteiger partial charge in [-0.2, -0.15) is 0 Å². The number of benzene rings is 1. The van der Waals surface area contributed by atoms with Gasteiger partial charge in [0, 0.05) is 18.7 Å². The number of carboxylic acid groups (broad SMARTS) is 1. The number of carboxylic acids is 1. The number of carbonyl (C=O) groups is 1. The lowest BCUT2D eigenvalue weighted by Crippen LogP contribution is -2.36. The maximum atomic E-state index is 11.7. The Morgan fingerprint density at radius 2 is 2.11 bits per heavy atom. The van der Waals surface area contributed by atoms with Gasteiger partial charge in [0.1, 0.15) is 0 Å². The zero-order valence-electron chi connectivity index (χ0n) is 9.38. The van der Waals surface area contributed by atoms with E-state index in [9.17, 15) is 23.3 Å². The highest BCUT2D eigenvalue weighted by Crippen LogP contribution is 2.16. The van der Waals surface area contributed by atoms with Crippen molar-refractivity contribution in [1.29, 1.82) is 0 Å². The van der Waals surface area contributed by atoms with Gasteiger partial charge in [0.05, 0.1) is 9.82 Å². The molecule has 19 heavy (non-hydrogen) atoms. The predicted molar refractivity (Wildman–Crippen MR) is 61.9 cm³/mol. The van der Waals surface area contributed by atoms with Crippen LogP contribution in [0.4, 0.5) is 5.69 Å². The molecule has 0 bridgehead atoms. The second-order valence-corrected chi connectivity index (χ2v) is 5.23. The van der Waals surface area contributed by atoms with Crippen molar-refractivity contribution in [3.63, 3.8) is 0 Å². The molecular weight excluding hydrogens is 280 g/mol. The standard InChI is InChI=1S/C9H10N2O7S/c12-8(9(13)14)5-10-19(17,18)7-3-1-2-6(4-7)11(15)16/h1-4,8,10,12H,5H2,(H,13,14). The molecule has 0 spiro atoms. The Labute approximate surface area is 107 Å². The minimum atomic E-state index is -4.12. The number of nitrogens with one attached hydrogen (secondary N) is 1. The maximum absolute atomic E-state index is 11.7. The van der Waals surface area contributed by atoms with Crippen LogP contribution in [0.2, 0.25) is 0 Å². The van der Waals surface area contributed by atoms with Crippen molar-refractivity contribution in [3.8, 4) is 0 Å². The number of aliphatic hydroxyl groups is 1. The summed E-state index contributed by atoms with van der Waals surface area (Å²) in [4.78, 5) is 19.7. The highest BCUT2D eigenvalue weighted by Gasteiger charge is 2.21. The summed E-state index contributed by atoms with van der Waals surface area (Å²) in [6, 6.07) is 4.24. The van der Waals surface area contributed by atoms with E-state index in [0.29, 0.717) is 0 Å². The highest BCUT2D eigenvalue weighted by atomic mass is 32.2. The molecule has 3 N–H and O–H groups in total. The van der Waals surface area contributed by atoms with Crippen LogP contribution in [0.3, 0.4) is 0 Å². The summed E-state index contributed by atoms with van der Waals surface area (Å²) in [5.74, 6) is -1.58. The van der Waals surface area contributed by atoms with Crippen LogP contribution in [0.25, 0.3) is 0 Å². The Kier molecular flexibility index (Phi) is 4.53. The van der Waals surface area contributed by atoms with Crippen molar-refractivity contribution in [2.75, 3.05) is 6.54 Å². The zero-order chi connectivity index (χ0) is 14.6. The molecule has 0 radical (unpaired) electrons. The minimum Gasteiger partial charge on any atom is -0.479 e. The van der Waals surface area contributed by atoms with E-state index >= 15 is 0 Å². The SMILES string of the molecule is O=C(O)C(O)CNS(=O)(=O)c1cccc([N+](=O)[O-])c1. The fourth-order valence-electron chi connectivity index (χ4n) is 1.12. The lowest BCUT2D eigenvalue weighted by molar-refractivity contribution is -0.385. The Balaban J connectivity index is 2.91. The lowest BCUT2D eigenvalue weighted by Gasteiger charge is -2.08. The van der Waals surface area contributed by atoms with Gasteiger partial charge in [0.25, 0.3) is 5.69 Å². The van der Waals surface area contributed by atoms with E-state index in [1.54, 1.807) is 0 Å². The van der Waals surface area contributed by atoms with E-state index in [4.69, 9.17) is 10.2 Å². The van der Waals surface area contributed by atoms with Crippen LogP contribution in [-0.2, 0) is 14.8 Å². The molecule has 1 aromatic rings. The molecule has 1 aromatic carbocycles. The molecule has 1 rings (SSSR count). The maximum Gasteiger partial charge on any atom is 0.333 e. The highest BCUT2D eigenvalue weighted by molar-refractivity contribution is 7.89. The first-order valence-corrected chi connectivity index (χ1v) is 6.37. The molecule has 0 aliphatic rings. The monoisotopic (exact) mass is 290 g/mol. The summed E-state index contributed by atoms with van der Waals surface area (Å²) in [6.07, 6.45) is -1.89. The zero-order valence-corrected chi connectivity index (χ0v) is 10.2. The van der Waals surface area contributed by atoms with E-state index in [1.165, 1.54) is 6.07 Å². The number of sulfonamides is 1. The van der Waals surface area contributed by atoms with Crippen LogP contribution in [-0.4, -0.2) is 42.2 Å². The van der Waals surface area contributed by atoms with Crippen LogP contribution < -0.4 is 4.72 Å². The van der Waals surface area contributed by atoms with Gasteiger partial charge < -0.3 is 10.2 Å². The Hall–Kier alpha value is -2.04. The number of nitro benzene ring substituents is 1. The van der Waals surface area contributed by atoms with Gasteiger partial charge in [-0.25, -0.2) is 17.9 Å². The molecule has 1 unspecified atom stereocenters. The van der Waals surface area contributed by atoms with Crippen LogP contribution >= 0.6 is 0 Å². The van der Waals surface area contributed by atoms with Crippen molar-refractivity contribution in [2.45, 2.75) is 11.0 Å². The number of rotatable bonds is 6. The molecule has 0 heterocycles. The van der Waals surface area contributed by atoms with Crippen LogP contribution in [0.1, 0.15) is 0 Å². The first kappa shape index (κ1) is 15.0. The molecule has 0 fully saturated rings. The number of nitro groups is 1. The quantitative estimate of drug-likeness (QED) is 0.464. The van der Waals surface area contributed by atoms with Gasteiger partial charge in [0.2, 0.25) is 10.0 Å². The van der Waals surface area contributed by atoms with Gasteiger partial charge in [-0.05, 0) is 6.07 Å². The number of aliphatic hydroxyl groups excluding tert-OH is 1. The second-order valence-electron chi connectivity index (χ2n) is 3.46. The minimum absolute atomic E-state index is 0.390. The van der Waals surface area contributed by atoms with Gasteiger partial charge in [-0.15, -0.1) is 0 Å². The fourth-order valence-corrected chi connectivity index (χ4v) is 2.20. The lowest BCUT2D eigenvalue weighted by atomic mass is 10.3. The van der Waals surface area contributed by atoms with Crippen LogP contribution in [0.15, 0.2) is 29.2 Å². The van der Waals surface area contributed by atoms with Crippen LogP contribution in [0, 0.1) is 10.1 Å². The smallest absolute Gasteiger partial charge is 0.333 e. The van der Waals surface area contributed by atoms with Gasteiger partial charge in [0.15, 0.2) is 6.10 Å². The van der Waals surface area contributed by atoms with E-state index in [0.717, 1.165) is 18.2 Å². The first-order valence-electron chi connectivity index (χ1n) is 4.89. The Morgan fingerprint density at radius 3 is 2.63 bits per heavy atom. The summed E-state index contributed by atoms with van der Waals surface area (Å²) in [5.41, 5.74) is -0.415. The van der Waals surface area contributed by atoms with Crippen molar-refractivity contribution >= 4 is 21.7 Å². The molecule has 104 valence electrons. The number of aliphatic carboxylic acids is 1. The number of nitrogens with zero attached hydrogens (tertiary/aromatic N) is 1. The third-order valence-electron chi connectivity index (χ3n) is 2.09. The molecule has 10 heteroatoms. The molecule has 1 atom stereocenters. The van der Waals surface area contributed by atoms with Crippen molar-refractivity contribution in [1.82, 2.24) is 4.72 Å². The average molecular weight is 290 g/mol. The Bertz CT molecular complexity index is 598. The first-order chi connectivity index (χ1) is 8.74. The third kappa shape index (κ3) is 3.98. The third-order valence-corrected chi connectivity index (χ3v) is 3.51. The van der Waals surface area contributed by atoms with Crippen molar-refractivity contribution < 1.29 is 28.3 Å². The summed E-state index contributed by atoms with van der Waals surface area (Å²) < 4.78 is 25.2. The fraction of sp³-hybridized carbons (Fsp3) is 0.222. The molecular formula is C9H10N2O7S. The molecule has 0 aromatic heterocycles.